The number of Topliss-reactive ketones (excluding diaryl/α,β-unsaturated/α-hetero) is 1. The highest BCUT2D eigenvalue weighted by Crippen LogP contribution is 2.29. The van der Waals surface area contributed by atoms with Gasteiger partial charge < -0.3 is 4.74 Å². The summed E-state index contributed by atoms with van der Waals surface area (Å²) >= 11 is 0. The number of benzene rings is 1. The van der Waals surface area contributed by atoms with Crippen molar-refractivity contribution in [2.24, 2.45) is 11.8 Å². The van der Waals surface area contributed by atoms with E-state index < -0.39 is 0 Å². The molecule has 0 aliphatic heterocycles. The number of carbonyl (C=O) groups is 1. The normalized spacial score (nSPS) is 25.0. The lowest BCUT2D eigenvalue weighted by Crippen LogP contribution is -2.38. The van der Waals surface area contributed by atoms with Crippen molar-refractivity contribution >= 4 is 5.78 Å². The molecule has 0 heterocycles. The van der Waals surface area contributed by atoms with Gasteiger partial charge in [0.1, 0.15) is 5.78 Å². The smallest absolute Gasteiger partial charge is 0.141 e. The van der Waals surface area contributed by atoms with Crippen LogP contribution in [0, 0.1) is 11.8 Å². The summed E-state index contributed by atoms with van der Waals surface area (Å²) < 4.78 is 5.52. The van der Waals surface area contributed by atoms with E-state index in [2.05, 4.69) is 0 Å². The molecule has 0 bridgehead atoms. The summed E-state index contributed by atoms with van der Waals surface area (Å²) in [5.41, 5.74) is 1.16. The standard InChI is InChI=1S/C13H16O2/c1-10-7-12(13(10)14)9-15-8-11-5-3-2-4-6-11/h2-6,10,12H,7-9H2,1H3/t10-,12?/m1/s1. The number of ether oxygens (including phenoxy) is 1. The van der Waals surface area contributed by atoms with Crippen LogP contribution in [0.3, 0.4) is 0 Å². The molecule has 0 saturated heterocycles. The topological polar surface area (TPSA) is 26.3 Å². The number of hydrogen-bond donors (Lipinski definition) is 0. The average molecular weight is 204 g/mol. The third-order valence-corrected chi connectivity index (χ3v) is 2.96. The molecule has 1 fully saturated rings. The number of ketones is 1. The van der Waals surface area contributed by atoms with E-state index >= 15 is 0 Å². The zero-order chi connectivity index (χ0) is 10.7. The second-order valence-corrected chi connectivity index (χ2v) is 4.24. The highest BCUT2D eigenvalue weighted by Gasteiger charge is 2.35. The minimum absolute atomic E-state index is 0.156. The molecule has 0 aromatic heterocycles. The van der Waals surface area contributed by atoms with Crippen LogP contribution >= 0.6 is 0 Å². The molecule has 1 aromatic rings. The van der Waals surface area contributed by atoms with Crippen LogP contribution in [0.5, 0.6) is 0 Å². The van der Waals surface area contributed by atoms with E-state index in [0.717, 1.165) is 12.0 Å². The fourth-order valence-electron chi connectivity index (χ4n) is 1.94. The third-order valence-electron chi connectivity index (χ3n) is 2.96. The summed E-state index contributed by atoms with van der Waals surface area (Å²) in [6, 6.07) is 10.0. The predicted molar refractivity (Wildman–Crippen MR) is 58.4 cm³/mol. The van der Waals surface area contributed by atoms with Crippen molar-refractivity contribution in [3.63, 3.8) is 0 Å². The highest BCUT2D eigenvalue weighted by molar-refractivity contribution is 5.88. The van der Waals surface area contributed by atoms with E-state index in [0.29, 0.717) is 19.0 Å². The summed E-state index contributed by atoms with van der Waals surface area (Å²) in [4.78, 5) is 11.3. The van der Waals surface area contributed by atoms with Gasteiger partial charge >= 0.3 is 0 Å². The predicted octanol–water partition coefficient (Wildman–Crippen LogP) is 2.43. The van der Waals surface area contributed by atoms with E-state index in [-0.39, 0.29) is 11.8 Å². The molecule has 1 aliphatic rings. The van der Waals surface area contributed by atoms with Crippen LogP contribution in [0.4, 0.5) is 0 Å². The van der Waals surface area contributed by atoms with Crippen LogP contribution in [0.25, 0.3) is 0 Å². The SMILES string of the molecule is C[C@@H]1CC(COCc2ccccc2)C1=O. The Kier molecular flexibility index (Phi) is 3.17. The van der Waals surface area contributed by atoms with Gasteiger partial charge in [0.2, 0.25) is 0 Å². The van der Waals surface area contributed by atoms with Crippen molar-refractivity contribution in [2.75, 3.05) is 6.61 Å². The average Bonchev–Trinajstić information content (AvgIpc) is 2.29. The van der Waals surface area contributed by atoms with Crippen LogP contribution in [0.2, 0.25) is 0 Å². The molecule has 1 aliphatic carbocycles. The second-order valence-electron chi connectivity index (χ2n) is 4.24. The molecule has 1 aromatic carbocycles. The molecule has 0 amide bonds. The number of rotatable bonds is 4. The summed E-state index contributed by atoms with van der Waals surface area (Å²) in [6.07, 6.45) is 0.994. The maximum atomic E-state index is 11.3. The van der Waals surface area contributed by atoms with Gasteiger partial charge in [-0.15, -0.1) is 0 Å². The Morgan fingerprint density at radius 3 is 2.67 bits per heavy atom. The molecular formula is C13H16O2. The maximum absolute atomic E-state index is 11.3. The Bertz CT molecular complexity index is 332. The first kappa shape index (κ1) is 10.4. The highest BCUT2D eigenvalue weighted by atomic mass is 16.5. The summed E-state index contributed by atoms with van der Waals surface area (Å²) in [7, 11) is 0. The van der Waals surface area contributed by atoms with Crippen LogP contribution in [0.1, 0.15) is 18.9 Å². The molecule has 2 rings (SSSR count). The van der Waals surface area contributed by atoms with Gasteiger partial charge in [-0.2, -0.15) is 0 Å². The quantitative estimate of drug-likeness (QED) is 0.753. The van der Waals surface area contributed by atoms with E-state index in [4.69, 9.17) is 4.74 Å². The van der Waals surface area contributed by atoms with Crippen molar-refractivity contribution in [3.05, 3.63) is 35.9 Å². The summed E-state index contributed by atoms with van der Waals surface area (Å²) in [6.45, 7) is 3.17. The van der Waals surface area contributed by atoms with Crippen molar-refractivity contribution < 1.29 is 9.53 Å². The first-order chi connectivity index (χ1) is 7.27. The zero-order valence-electron chi connectivity index (χ0n) is 8.98. The third kappa shape index (κ3) is 2.45. The molecule has 2 nitrogen and oxygen atoms in total. The van der Waals surface area contributed by atoms with Gasteiger partial charge in [-0.3, -0.25) is 4.79 Å². The van der Waals surface area contributed by atoms with E-state index in [9.17, 15) is 4.79 Å². The van der Waals surface area contributed by atoms with Gasteiger partial charge in [0, 0.05) is 11.8 Å². The van der Waals surface area contributed by atoms with Gasteiger partial charge in [0.15, 0.2) is 0 Å². The molecule has 2 atom stereocenters. The Morgan fingerprint density at radius 1 is 1.33 bits per heavy atom. The molecule has 1 unspecified atom stereocenters. The minimum Gasteiger partial charge on any atom is -0.376 e. The molecule has 0 spiro atoms. The lowest BCUT2D eigenvalue weighted by Gasteiger charge is -2.30. The lowest BCUT2D eigenvalue weighted by molar-refractivity contribution is -0.138. The van der Waals surface area contributed by atoms with Crippen LogP contribution in [0.15, 0.2) is 30.3 Å². The fourth-order valence-corrected chi connectivity index (χ4v) is 1.94. The fraction of sp³-hybridized carbons (Fsp3) is 0.462. The van der Waals surface area contributed by atoms with Crippen molar-refractivity contribution in [3.8, 4) is 0 Å². The van der Waals surface area contributed by atoms with E-state index in [1.807, 2.05) is 37.3 Å². The molecular weight excluding hydrogens is 188 g/mol. The first-order valence-corrected chi connectivity index (χ1v) is 5.43. The molecule has 1 saturated carbocycles. The van der Waals surface area contributed by atoms with Crippen molar-refractivity contribution in [1.29, 1.82) is 0 Å². The van der Waals surface area contributed by atoms with Gasteiger partial charge in [-0.05, 0) is 12.0 Å². The lowest BCUT2D eigenvalue weighted by atomic mass is 9.75. The number of hydrogen-bond acceptors (Lipinski definition) is 2. The summed E-state index contributed by atoms with van der Waals surface area (Å²) in [5.74, 6) is 0.780. The summed E-state index contributed by atoms with van der Waals surface area (Å²) in [5, 5.41) is 0. The Morgan fingerprint density at radius 2 is 2.07 bits per heavy atom. The van der Waals surface area contributed by atoms with Crippen LogP contribution in [-0.2, 0) is 16.1 Å². The Hall–Kier alpha value is -1.15. The Labute approximate surface area is 90.3 Å². The molecule has 2 heteroatoms. The molecule has 80 valence electrons. The van der Waals surface area contributed by atoms with Gasteiger partial charge in [-0.25, -0.2) is 0 Å². The van der Waals surface area contributed by atoms with Gasteiger partial charge in [0.05, 0.1) is 13.2 Å². The first-order valence-electron chi connectivity index (χ1n) is 5.43. The maximum Gasteiger partial charge on any atom is 0.141 e. The number of carbonyl (C=O) groups excluding carboxylic acids is 1. The van der Waals surface area contributed by atoms with E-state index in [1.165, 1.54) is 0 Å². The largest absolute Gasteiger partial charge is 0.376 e. The van der Waals surface area contributed by atoms with Crippen LogP contribution in [-0.4, -0.2) is 12.4 Å². The van der Waals surface area contributed by atoms with Crippen molar-refractivity contribution in [1.82, 2.24) is 0 Å². The van der Waals surface area contributed by atoms with E-state index in [1.54, 1.807) is 0 Å². The zero-order valence-corrected chi connectivity index (χ0v) is 8.98. The molecule has 15 heavy (non-hydrogen) atoms. The van der Waals surface area contributed by atoms with Gasteiger partial charge in [-0.1, -0.05) is 37.3 Å². The second kappa shape index (κ2) is 4.58. The minimum atomic E-state index is 0.156. The monoisotopic (exact) mass is 204 g/mol. The van der Waals surface area contributed by atoms with Crippen molar-refractivity contribution in [2.45, 2.75) is 20.0 Å². The Balaban J connectivity index is 1.70. The molecule has 0 radical (unpaired) electrons. The van der Waals surface area contributed by atoms with Crippen LogP contribution < -0.4 is 0 Å². The van der Waals surface area contributed by atoms with Gasteiger partial charge in [0.25, 0.3) is 0 Å². The molecule has 0 N–H and O–H groups in total.